The molecule has 1 atom stereocenters. The summed E-state index contributed by atoms with van der Waals surface area (Å²) in [6, 6.07) is 0. The molecular formula is C15H22N2OS2. The molecule has 0 aromatic carbocycles. The summed E-state index contributed by atoms with van der Waals surface area (Å²) in [4.78, 5) is 4.50. The average molecular weight is 310 g/mol. The molecule has 1 heterocycles. The van der Waals surface area contributed by atoms with Crippen molar-refractivity contribution in [3.8, 4) is 0 Å². The molecule has 20 heavy (non-hydrogen) atoms. The summed E-state index contributed by atoms with van der Waals surface area (Å²) >= 11 is 3.60. The minimum absolute atomic E-state index is 0.252. The van der Waals surface area contributed by atoms with E-state index < -0.39 is 0 Å². The van der Waals surface area contributed by atoms with Crippen LogP contribution in [0.15, 0.2) is 34.5 Å². The molecule has 3 nitrogen and oxygen atoms in total. The Bertz CT molecular complexity index is 416. The average Bonchev–Trinajstić information content (AvgIpc) is 2.95. The molecule has 0 saturated carbocycles. The third-order valence-electron chi connectivity index (χ3n) is 3.30. The molecule has 0 aromatic heterocycles. The number of rotatable bonds is 1. The number of hydrogen-bond donors (Lipinski definition) is 1. The standard InChI is InChI=1S/C15H22N2OS2/c18-17-13-9-7-5-3-1-2-4-6-8-10-14(13)20-15-16-11-12-19-15/h3-6,14,18H,1-2,7-12H2. The smallest absolute Gasteiger partial charge is 0.125 e. The molecule has 0 saturated heterocycles. The van der Waals surface area contributed by atoms with Gasteiger partial charge in [0.25, 0.3) is 0 Å². The van der Waals surface area contributed by atoms with Gasteiger partial charge in [-0.05, 0) is 38.5 Å². The molecular weight excluding hydrogens is 288 g/mol. The molecule has 0 aromatic rings. The molecule has 0 bridgehead atoms. The second-order valence-corrected chi connectivity index (χ2v) is 7.36. The van der Waals surface area contributed by atoms with Crippen LogP contribution in [0.1, 0.15) is 38.5 Å². The van der Waals surface area contributed by atoms with E-state index in [1.807, 2.05) is 11.8 Å². The van der Waals surface area contributed by atoms with Crippen molar-refractivity contribution in [2.24, 2.45) is 10.1 Å². The van der Waals surface area contributed by atoms with E-state index in [1.165, 1.54) is 0 Å². The van der Waals surface area contributed by atoms with E-state index in [2.05, 4.69) is 34.5 Å². The Morgan fingerprint density at radius 3 is 2.60 bits per heavy atom. The highest BCUT2D eigenvalue weighted by Crippen LogP contribution is 2.30. The maximum Gasteiger partial charge on any atom is 0.125 e. The quantitative estimate of drug-likeness (QED) is 0.441. The minimum atomic E-state index is 0.252. The van der Waals surface area contributed by atoms with Gasteiger partial charge in [-0.15, -0.1) is 0 Å². The Balaban J connectivity index is 2.01. The molecule has 110 valence electrons. The lowest BCUT2D eigenvalue weighted by Gasteiger charge is -2.16. The maximum atomic E-state index is 9.33. The van der Waals surface area contributed by atoms with Crippen LogP contribution in [0, 0.1) is 0 Å². The summed E-state index contributed by atoms with van der Waals surface area (Å²) in [5.74, 6) is 1.09. The first-order valence-electron chi connectivity index (χ1n) is 7.25. The predicted molar refractivity (Wildman–Crippen MR) is 91.3 cm³/mol. The zero-order valence-corrected chi connectivity index (χ0v) is 13.3. The summed E-state index contributed by atoms with van der Waals surface area (Å²) in [7, 11) is 0. The Morgan fingerprint density at radius 1 is 1.15 bits per heavy atom. The molecule has 5 heteroatoms. The second kappa shape index (κ2) is 9.29. The Hall–Kier alpha value is -0.680. The molecule has 1 N–H and O–H groups in total. The SMILES string of the molecule is ON=C1CCC=CCCC=CCCC1SC1=NCCS1. The van der Waals surface area contributed by atoms with Crippen molar-refractivity contribution in [1.29, 1.82) is 0 Å². The van der Waals surface area contributed by atoms with Gasteiger partial charge in [0.15, 0.2) is 0 Å². The van der Waals surface area contributed by atoms with E-state index in [4.69, 9.17) is 0 Å². The summed E-state index contributed by atoms with van der Waals surface area (Å²) in [6.07, 6.45) is 15.0. The molecule has 1 aliphatic carbocycles. The van der Waals surface area contributed by atoms with Gasteiger partial charge < -0.3 is 5.21 Å². The van der Waals surface area contributed by atoms with Crippen LogP contribution >= 0.6 is 23.5 Å². The van der Waals surface area contributed by atoms with Gasteiger partial charge in [0.1, 0.15) is 4.38 Å². The minimum Gasteiger partial charge on any atom is -0.411 e. The van der Waals surface area contributed by atoms with Crippen molar-refractivity contribution in [2.45, 2.75) is 43.8 Å². The van der Waals surface area contributed by atoms with Crippen molar-refractivity contribution in [2.75, 3.05) is 12.3 Å². The third kappa shape index (κ3) is 5.37. The third-order valence-corrected chi connectivity index (χ3v) is 5.82. The van der Waals surface area contributed by atoms with Gasteiger partial charge in [-0.1, -0.05) is 53.0 Å². The van der Waals surface area contributed by atoms with Gasteiger partial charge in [0.05, 0.1) is 17.5 Å². The molecule has 0 amide bonds. The van der Waals surface area contributed by atoms with Crippen molar-refractivity contribution >= 4 is 33.6 Å². The summed E-state index contributed by atoms with van der Waals surface area (Å²) in [5.41, 5.74) is 0.906. The van der Waals surface area contributed by atoms with E-state index in [0.29, 0.717) is 0 Å². The fourth-order valence-electron chi connectivity index (χ4n) is 2.22. The normalized spacial score (nSPS) is 27.1. The van der Waals surface area contributed by atoms with Crippen LogP contribution in [0.2, 0.25) is 0 Å². The molecule has 1 aliphatic heterocycles. The van der Waals surface area contributed by atoms with E-state index >= 15 is 0 Å². The van der Waals surface area contributed by atoms with Crippen LogP contribution in [0.25, 0.3) is 0 Å². The molecule has 1 unspecified atom stereocenters. The number of aliphatic imine (C=N–C) groups is 1. The lowest BCUT2D eigenvalue weighted by Crippen LogP contribution is -2.18. The molecule has 2 rings (SSSR count). The highest BCUT2D eigenvalue weighted by Gasteiger charge is 2.21. The molecule has 2 aliphatic rings. The highest BCUT2D eigenvalue weighted by atomic mass is 32.2. The highest BCUT2D eigenvalue weighted by molar-refractivity contribution is 8.39. The van der Waals surface area contributed by atoms with Crippen LogP contribution in [0.3, 0.4) is 0 Å². The molecule has 0 spiro atoms. The summed E-state index contributed by atoms with van der Waals surface area (Å²) in [6.45, 7) is 0.925. The van der Waals surface area contributed by atoms with Crippen LogP contribution in [-0.4, -0.2) is 32.8 Å². The first-order valence-corrected chi connectivity index (χ1v) is 9.11. The lowest BCUT2D eigenvalue weighted by molar-refractivity contribution is 0.316. The van der Waals surface area contributed by atoms with E-state index in [-0.39, 0.29) is 5.25 Å². The summed E-state index contributed by atoms with van der Waals surface area (Å²) < 4.78 is 1.16. The largest absolute Gasteiger partial charge is 0.411 e. The van der Waals surface area contributed by atoms with E-state index in [0.717, 1.165) is 60.9 Å². The second-order valence-electron chi connectivity index (χ2n) is 4.83. The van der Waals surface area contributed by atoms with Crippen molar-refractivity contribution in [3.63, 3.8) is 0 Å². The van der Waals surface area contributed by atoms with E-state index in [9.17, 15) is 5.21 Å². The molecule has 0 radical (unpaired) electrons. The van der Waals surface area contributed by atoms with Crippen LogP contribution in [0.4, 0.5) is 0 Å². The predicted octanol–water partition coefficient (Wildman–Crippen LogP) is 4.49. The van der Waals surface area contributed by atoms with Crippen molar-refractivity contribution in [1.82, 2.24) is 0 Å². The van der Waals surface area contributed by atoms with Crippen LogP contribution < -0.4 is 0 Å². The van der Waals surface area contributed by atoms with Gasteiger partial charge in [-0.2, -0.15) is 0 Å². The Kier molecular flexibility index (Phi) is 7.30. The van der Waals surface area contributed by atoms with Gasteiger partial charge in [-0.25, -0.2) is 0 Å². The fourth-order valence-corrected chi connectivity index (χ4v) is 4.59. The molecule has 0 fully saturated rings. The first-order chi connectivity index (χ1) is 9.90. The van der Waals surface area contributed by atoms with Gasteiger partial charge in [-0.3, -0.25) is 4.99 Å². The van der Waals surface area contributed by atoms with Crippen LogP contribution in [-0.2, 0) is 0 Å². The zero-order chi connectivity index (χ0) is 14.0. The fraction of sp³-hybridized carbons (Fsp3) is 0.600. The Labute approximate surface area is 129 Å². The number of nitrogens with zero attached hydrogens (tertiary/aromatic N) is 2. The number of allylic oxidation sites excluding steroid dienone is 4. The van der Waals surface area contributed by atoms with Gasteiger partial charge in [0, 0.05) is 5.75 Å². The number of thioether (sulfide) groups is 2. The van der Waals surface area contributed by atoms with Crippen molar-refractivity contribution < 1.29 is 5.21 Å². The number of oxime groups is 1. The lowest BCUT2D eigenvalue weighted by atomic mass is 10.1. The monoisotopic (exact) mass is 310 g/mol. The van der Waals surface area contributed by atoms with Crippen LogP contribution in [0.5, 0.6) is 0 Å². The number of hydrogen-bond acceptors (Lipinski definition) is 5. The summed E-state index contributed by atoms with van der Waals surface area (Å²) in [5, 5.41) is 13.2. The van der Waals surface area contributed by atoms with Gasteiger partial charge in [0.2, 0.25) is 0 Å². The van der Waals surface area contributed by atoms with Crippen molar-refractivity contribution in [3.05, 3.63) is 24.3 Å². The van der Waals surface area contributed by atoms with E-state index in [1.54, 1.807) is 11.8 Å². The first kappa shape index (κ1) is 15.7. The zero-order valence-electron chi connectivity index (χ0n) is 11.7. The topological polar surface area (TPSA) is 45.0 Å². The van der Waals surface area contributed by atoms with Gasteiger partial charge >= 0.3 is 0 Å². The maximum absolute atomic E-state index is 9.33. The Morgan fingerprint density at radius 2 is 1.90 bits per heavy atom.